The lowest BCUT2D eigenvalue weighted by Crippen LogP contribution is -2.53. The number of pyridine rings is 1. The second kappa shape index (κ2) is 12.9. The number of hydrogen-bond donors (Lipinski definition) is 2. The molecule has 2 heterocycles. The van der Waals surface area contributed by atoms with E-state index in [2.05, 4.69) is 43.2 Å². The number of fused-ring (bicyclic) bond motifs is 4. The molecule has 0 bridgehead atoms. The van der Waals surface area contributed by atoms with E-state index in [0.29, 0.717) is 61.4 Å². The van der Waals surface area contributed by atoms with Crippen molar-refractivity contribution in [1.29, 1.82) is 0 Å². The van der Waals surface area contributed by atoms with Gasteiger partial charge in [0.15, 0.2) is 11.5 Å². The average Bonchev–Trinajstić information content (AvgIpc) is 3.19. The van der Waals surface area contributed by atoms with Gasteiger partial charge in [-0.25, -0.2) is 4.79 Å². The van der Waals surface area contributed by atoms with Crippen molar-refractivity contribution in [3.05, 3.63) is 76.1 Å². The summed E-state index contributed by atoms with van der Waals surface area (Å²) in [6, 6.07) is 13.8. The molecule has 0 amide bonds. The summed E-state index contributed by atoms with van der Waals surface area (Å²) in [6.45, 7) is 8.63. The van der Waals surface area contributed by atoms with Crippen LogP contribution >= 0.6 is 11.6 Å². The molecule has 1 spiro atoms. The smallest absolute Gasteiger partial charge is 0.329 e. The van der Waals surface area contributed by atoms with Gasteiger partial charge >= 0.3 is 5.97 Å². The highest BCUT2D eigenvalue weighted by Gasteiger charge is 2.54. The van der Waals surface area contributed by atoms with Crippen LogP contribution in [0.25, 0.3) is 0 Å². The van der Waals surface area contributed by atoms with Gasteiger partial charge < -0.3 is 24.6 Å². The highest BCUT2D eigenvalue weighted by atomic mass is 35.5. The molecule has 4 aliphatic rings. The van der Waals surface area contributed by atoms with E-state index in [1.165, 1.54) is 35.2 Å². The van der Waals surface area contributed by atoms with Crippen LogP contribution in [0.4, 0.5) is 5.69 Å². The molecule has 1 aliphatic heterocycles. The van der Waals surface area contributed by atoms with Crippen LogP contribution < -0.4 is 19.5 Å². The normalized spacial score (nSPS) is 28.6. The molecule has 1 aromatic heterocycles. The lowest BCUT2D eigenvalue weighted by molar-refractivity contribution is -0.144. The monoisotopic (exact) mass is 658 g/mol. The maximum atomic E-state index is 12.9. The predicted octanol–water partition coefficient (Wildman–Crippen LogP) is 8.61. The number of aliphatic carboxylic acids is 1. The lowest BCUT2D eigenvalue weighted by Gasteiger charge is -2.47. The number of carboxylic acids is 1. The quantitative estimate of drug-likeness (QED) is 0.250. The molecule has 1 fully saturated rings. The van der Waals surface area contributed by atoms with Crippen LogP contribution in [-0.4, -0.2) is 41.4 Å². The molecular weight excluding hydrogens is 612 g/mol. The molecule has 2 aromatic carbocycles. The summed E-state index contributed by atoms with van der Waals surface area (Å²) in [4.78, 5) is 17.6. The van der Waals surface area contributed by atoms with Gasteiger partial charge in [0.2, 0.25) is 0 Å². The molecule has 3 aliphatic carbocycles. The Morgan fingerprint density at radius 3 is 2.62 bits per heavy atom. The number of rotatable bonds is 8. The lowest BCUT2D eigenvalue weighted by atomic mass is 9.59. The Kier molecular flexibility index (Phi) is 8.79. The van der Waals surface area contributed by atoms with Crippen LogP contribution in [0, 0.1) is 17.8 Å². The van der Waals surface area contributed by atoms with Crippen LogP contribution in [0.2, 0.25) is 5.02 Å². The standard InChI is InChI=1S/C39H47ClN2O5/c1-24(21-45-33-10-15-41-32-9-4-6-26(3)36(32)33)16-28-17-27-18-34-35(47-23-25(2)22-46-34)20-31(27)38(28)11-13-39(14-12-38,37(43)44)42-30-8-5-7-29(40)19-30/h5,7-8,10,15,18-20,24-26,28,42H,4,6,9,11-14,16-17,21-23H2,1-3H3,(H,43,44)/t24-,25-,26-,28+,38?,39?/m1/s1. The number of anilines is 1. The molecule has 250 valence electrons. The van der Waals surface area contributed by atoms with Gasteiger partial charge in [0.25, 0.3) is 0 Å². The van der Waals surface area contributed by atoms with Gasteiger partial charge in [-0.3, -0.25) is 4.98 Å². The van der Waals surface area contributed by atoms with Crippen molar-refractivity contribution >= 4 is 23.3 Å². The van der Waals surface area contributed by atoms with Crippen molar-refractivity contribution < 1.29 is 24.1 Å². The first-order valence-corrected chi connectivity index (χ1v) is 17.8. The van der Waals surface area contributed by atoms with E-state index in [-0.39, 0.29) is 5.41 Å². The number of carbonyl (C=O) groups is 1. The number of hydrogen-bond acceptors (Lipinski definition) is 6. The largest absolute Gasteiger partial charge is 0.493 e. The molecule has 3 aromatic rings. The number of benzene rings is 2. The van der Waals surface area contributed by atoms with Gasteiger partial charge in [-0.05, 0) is 128 Å². The molecule has 0 radical (unpaired) electrons. The van der Waals surface area contributed by atoms with Crippen LogP contribution in [0.5, 0.6) is 17.2 Å². The fraction of sp³-hybridized carbons (Fsp3) is 0.538. The Labute approximate surface area is 283 Å². The second-order valence-corrected chi connectivity index (χ2v) is 15.3. The molecular formula is C39H47ClN2O5. The first kappa shape index (κ1) is 32.1. The summed E-state index contributed by atoms with van der Waals surface area (Å²) in [5, 5.41) is 14.6. The van der Waals surface area contributed by atoms with Gasteiger partial charge in [0, 0.05) is 34.1 Å². The Morgan fingerprint density at radius 2 is 1.87 bits per heavy atom. The molecule has 2 N–H and O–H groups in total. The van der Waals surface area contributed by atoms with E-state index in [0.717, 1.165) is 55.0 Å². The van der Waals surface area contributed by atoms with E-state index in [4.69, 9.17) is 25.8 Å². The van der Waals surface area contributed by atoms with Gasteiger partial charge in [0.05, 0.1) is 19.8 Å². The van der Waals surface area contributed by atoms with Crippen molar-refractivity contribution in [3.63, 3.8) is 0 Å². The highest BCUT2D eigenvalue weighted by Crippen LogP contribution is 2.58. The van der Waals surface area contributed by atoms with E-state index >= 15 is 0 Å². The molecule has 7 nitrogen and oxygen atoms in total. The molecule has 0 unspecified atom stereocenters. The molecule has 0 saturated heterocycles. The van der Waals surface area contributed by atoms with Crippen LogP contribution in [0.3, 0.4) is 0 Å². The van der Waals surface area contributed by atoms with Crippen molar-refractivity contribution in [3.8, 4) is 17.2 Å². The maximum Gasteiger partial charge on any atom is 0.329 e. The van der Waals surface area contributed by atoms with Gasteiger partial charge in [0.1, 0.15) is 11.3 Å². The number of nitrogens with one attached hydrogen (secondary N) is 1. The fourth-order valence-electron chi connectivity index (χ4n) is 8.85. The topological polar surface area (TPSA) is 89.9 Å². The first-order chi connectivity index (χ1) is 22.7. The van der Waals surface area contributed by atoms with Crippen molar-refractivity contribution in [2.75, 3.05) is 25.1 Å². The molecule has 7 rings (SSSR count). The fourth-order valence-corrected chi connectivity index (χ4v) is 9.04. The minimum atomic E-state index is -1.06. The van der Waals surface area contributed by atoms with E-state index in [1.807, 2.05) is 24.4 Å². The number of nitrogens with zero attached hydrogens (tertiary/aromatic N) is 1. The van der Waals surface area contributed by atoms with Crippen molar-refractivity contribution in [2.45, 2.75) is 95.4 Å². The molecule has 8 heteroatoms. The zero-order valence-corrected chi connectivity index (χ0v) is 28.6. The summed E-state index contributed by atoms with van der Waals surface area (Å²) in [5.41, 5.74) is 4.62. The van der Waals surface area contributed by atoms with Crippen LogP contribution in [0.15, 0.2) is 48.7 Å². The summed E-state index contributed by atoms with van der Waals surface area (Å²) in [6.07, 6.45) is 9.77. The minimum absolute atomic E-state index is 0.154. The van der Waals surface area contributed by atoms with Crippen LogP contribution in [-0.2, 0) is 23.1 Å². The Morgan fingerprint density at radius 1 is 1.11 bits per heavy atom. The van der Waals surface area contributed by atoms with Crippen LogP contribution in [0.1, 0.15) is 94.0 Å². The third-order valence-electron chi connectivity index (χ3n) is 11.4. The summed E-state index contributed by atoms with van der Waals surface area (Å²) in [5.74, 6) is 3.26. The van der Waals surface area contributed by atoms with E-state index < -0.39 is 11.5 Å². The average molecular weight is 659 g/mol. The number of ether oxygens (including phenoxy) is 3. The van der Waals surface area contributed by atoms with E-state index in [9.17, 15) is 9.90 Å². The van der Waals surface area contributed by atoms with Gasteiger partial charge in [-0.15, -0.1) is 0 Å². The number of halogens is 1. The Bertz CT molecular complexity index is 1630. The number of carboxylic acid groups (broad SMARTS) is 1. The summed E-state index contributed by atoms with van der Waals surface area (Å²) < 4.78 is 19.1. The third kappa shape index (κ3) is 6.16. The Hall–Kier alpha value is -3.45. The van der Waals surface area contributed by atoms with Gasteiger partial charge in [-0.2, -0.15) is 0 Å². The predicted molar refractivity (Wildman–Crippen MR) is 184 cm³/mol. The maximum absolute atomic E-state index is 12.9. The number of aromatic nitrogens is 1. The van der Waals surface area contributed by atoms with E-state index in [1.54, 1.807) is 12.1 Å². The second-order valence-electron chi connectivity index (χ2n) is 14.9. The minimum Gasteiger partial charge on any atom is -0.493 e. The zero-order valence-electron chi connectivity index (χ0n) is 27.8. The summed E-state index contributed by atoms with van der Waals surface area (Å²) in [7, 11) is 0. The SMILES string of the molecule is C[C@@H]1COc2cc3c(cc2OC1)C1(CCC(Nc2cccc(Cl)c2)(C(=O)O)CC1)[C@@H](C[C@@H](C)COc1ccnc2c1[C@H](C)CCC2)C3. The molecule has 47 heavy (non-hydrogen) atoms. The number of aryl methyl sites for hydroxylation is 1. The zero-order chi connectivity index (χ0) is 32.8. The van der Waals surface area contributed by atoms with Crippen molar-refractivity contribution in [2.24, 2.45) is 17.8 Å². The van der Waals surface area contributed by atoms with Gasteiger partial charge in [-0.1, -0.05) is 38.4 Å². The highest BCUT2D eigenvalue weighted by molar-refractivity contribution is 6.30. The molecule has 1 saturated carbocycles. The van der Waals surface area contributed by atoms with Crippen molar-refractivity contribution in [1.82, 2.24) is 4.98 Å². The molecule has 4 atom stereocenters. The first-order valence-electron chi connectivity index (χ1n) is 17.5. The third-order valence-corrected chi connectivity index (χ3v) is 11.6. The Balaban J connectivity index is 1.15. The summed E-state index contributed by atoms with van der Waals surface area (Å²) >= 11 is 6.27.